The molecular formula is C21H26F7N5O3. The molecule has 202 valence electrons. The lowest BCUT2D eigenvalue weighted by Crippen LogP contribution is -2.63. The first kappa shape index (κ1) is 26.5. The van der Waals surface area contributed by atoms with Crippen molar-refractivity contribution in [2.75, 3.05) is 20.2 Å². The van der Waals surface area contributed by atoms with Crippen molar-refractivity contribution in [3.8, 4) is 0 Å². The molecule has 0 amide bonds. The average molecular weight is 529 g/mol. The Morgan fingerprint density at radius 1 is 1.11 bits per heavy atom. The highest BCUT2D eigenvalue weighted by Gasteiger charge is 2.57. The number of fused-ring (bicyclic) bond motifs is 1. The van der Waals surface area contributed by atoms with Gasteiger partial charge in [-0.25, -0.2) is 9.18 Å². The summed E-state index contributed by atoms with van der Waals surface area (Å²) in [6, 6.07) is -2.96. The molecule has 4 rings (SSSR count). The fourth-order valence-electron chi connectivity index (χ4n) is 5.22. The van der Waals surface area contributed by atoms with Crippen LogP contribution in [0.25, 0.3) is 11.5 Å². The van der Waals surface area contributed by atoms with E-state index in [9.17, 15) is 35.9 Å². The number of alkyl halides is 7. The summed E-state index contributed by atoms with van der Waals surface area (Å²) in [4.78, 5) is 28.7. The Labute approximate surface area is 199 Å². The minimum absolute atomic E-state index is 0.0344. The minimum atomic E-state index is -5.51. The van der Waals surface area contributed by atoms with E-state index in [1.54, 1.807) is 0 Å². The summed E-state index contributed by atoms with van der Waals surface area (Å²) >= 11 is 0. The number of H-pyrrole nitrogens is 1. The Hall–Kier alpha value is -2.55. The van der Waals surface area contributed by atoms with Gasteiger partial charge in [-0.2, -0.15) is 26.3 Å². The zero-order chi connectivity index (χ0) is 26.7. The Balaban J connectivity index is 1.68. The molecule has 2 heterocycles. The molecule has 1 aromatic heterocycles. The van der Waals surface area contributed by atoms with Gasteiger partial charge in [0.25, 0.3) is 5.56 Å². The molecule has 2 fully saturated rings. The number of aromatic amines is 1. The minimum Gasteiger partial charge on any atom is -0.497 e. The predicted octanol–water partition coefficient (Wildman–Crippen LogP) is 0.193. The maximum absolute atomic E-state index is 15.6. The van der Waals surface area contributed by atoms with Crippen molar-refractivity contribution in [2.24, 2.45) is 23.3 Å². The molecule has 5 N–H and O–H groups in total. The van der Waals surface area contributed by atoms with Gasteiger partial charge >= 0.3 is 18.0 Å². The van der Waals surface area contributed by atoms with E-state index in [1.807, 2.05) is 0 Å². The van der Waals surface area contributed by atoms with Crippen LogP contribution in [0.3, 0.4) is 0 Å². The van der Waals surface area contributed by atoms with Gasteiger partial charge in [0.2, 0.25) is 0 Å². The summed E-state index contributed by atoms with van der Waals surface area (Å²) < 4.78 is 100. The van der Waals surface area contributed by atoms with Crippen molar-refractivity contribution in [3.05, 3.63) is 31.4 Å². The Morgan fingerprint density at radius 2 is 1.72 bits per heavy atom. The smallest absolute Gasteiger partial charge is 0.400 e. The molecule has 0 aromatic carbocycles. The van der Waals surface area contributed by atoms with Crippen molar-refractivity contribution in [3.63, 3.8) is 0 Å². The lowest BCUT2D eigenvalue weighted by Gasteiger charge is -2.35. The van der Waals surface area contributed by atoms with Gasteiger partial charge in [-0.1, -0.05) is 0 Å². The number of methoxy groups -OCH3 is 1. The van der Waals surface area contributed by atoms with Crippen molar-refractivity contribution >= 4 is 11.5 Å². The van der Waals surface area contributed by atoms with Crippen LogP contribution in [-0.2, 0) is 4.74 Å². The zero-order valence-electron chi connectivity index (χ0n) is 19.1. The van der Waals surface area contributed by atoms with Crippen LogP contribution < -0.4 is 33.3 Å². The Kier molecular flexibility index (Phi) is 6.69. The second-order valence-electron chi connectivity index (χ2n) is 9.53. The molecule has 15 heteroatoms. The van der Waals surface area contributed by atoms with Crippen LogP contribution in [0.4, 0.5) is 30.7 Å². The molecule has 0 radical (unpaired) electrons. The number of hydrogen-bond donors (Lipinski definition) is 3. The fraction of sp³-hybridized carbons (Fsp3) is 0.714. The first-order valence-corrected chi connectivity index (χ1v) is 11.4. The monoisotopic (exact) mass is 529 g/mol. The van der Waals surface area contributed by atoms with Crippen molar-refractivity contribution < 1.29 is 35.5 Å². The normalized spacial score (nSPS) is 26.4. The van der Waals surface area contributed by atoms with Gasteiger partial charge in [0.15, 0.2) is 12.1 Å². The first-order chi connectivity index (χ1) is 16.7. The van der Waals surface area contributed by atoms with Gasteiger partial charge in [-0.15, -0.1) is 0 Å². The van der Waals surface area contributed by atoms with E-state index in [1.165, 1.54) is 16.6 Å². The van der Waals surface area contributed by atoms with Gasteiger partial charge in [0, 0.05) is 18.6 Å². The summed E-state index contributed by atoms with van der Waals surface area (Å²) in [5.41, 5.74) is 9.76. The van der Waals surface area contributed by atoms with Crippen LogP contribution in [0.1, 0.15) is 31.7 Å². The number of nitrogens with two attached hydrogens (primary N) is 2. The number of likely N-dealkylation sites (tertiary alicyclic amines) is 1. The molecule has 4 unspecified atom stereocenters. The molecule has 2 aliphatic carbocycles. The quantitative estimate of drug-likeness (QED) is 0.453. The lowest BCUT2D eigenvalue weighted by molar-refractivity contribution is -0.287. The molecule has 4 atom stereocenters. The largest absolute Gasteiger partial charge is 0.497 e. The van der Waals surface area contributed by atoms with E-state index in [0.29, 0.717) is 12.8 Å². The molecule has 0 bridgehead atoms. The van der Waals surface area contributed by atoms with Crippen molar-refractivity contribution in [1.82, 2.24) is 14.5 Å². The molecule has 3 aliphatic rings. The second-order valence-corrected chi connectivity index (χ2v) is 9.53. The fourth-order valence-corrected chi connectivity index (χ4v) is 5.22. The van der Waals surface area contributed by atoms with Crippen LogP contribution in [-0.4, -0.2) is 65.3 Å². The van der Waals surface area contributed by atoms with Gasteiger partial charge in [0.05, 0.1) is 23.4 Å². The number of hydrogen-bond acceptors (Lipinski definition) is 6. The number of nitrogens with one attached hydrogen (secondary N) is 1. The summed E-state index contributed by atoms with van der Waals surface area (Å²) in [7, 11) is 1.22. The maximum Gasteiger partial charge on any atom is 0.400 e. The van der Waals surface area contributed by atoms with E-state index in [-0.39, 0.29) is 41.9 Å². The van der Waals surface area contributed by atoms with E-state index < -0.39 is 65.8 Å². The third kappa shape index (κ3) is 4.62. The lowest BCUT2D eigenvalue weighted by atomic mass is 9.89. The van der Waals surface area contributed by atoms with E-state index in [4.69, 9.17) is 16.2 Å². The topological polar surface area (TPSA) is 119 Å². The standard InChI is InChI=1S/C21H26F7N5O3/c1-36-17-15-12(18(34)31-19(35)33(15)9-2-3-9)14(30)13(22)16(17)32-5-4-8(7-32)10(29)6-11(20(23,24)25)21(26,27)28/h8-11,13,16H,2-7,29-30H2,1H3,(H,31,34,35). The van der Waals surface area contributed by atoms with Crippen LogP contribution in [0, 0.1) is 11.8 Å². The summed E-state index contributed by atoms with van der Waals surface area (Å²) in [6.45, 7) is -0.0422. The van der Waals surface area contributed by atoms with E-state index in [2.05, 4.69) is 4.98 Å². The number of halogens is 7. The molecule has 8 nitrogen and oxygen atoms in total. The Bertz CT molecular complexity index is 1240. The molecule has 0 spiro atoms. The number of ether oxygens (including phenoxy) is 1. The summed E-state index contributed by atoms with van der Waals surface area (Å²) in [5.74, 6) is -4.43. The highest BCUT2D eigenvalue weighted by molar-refractivity contribution is 5.60. The van der Waals surface area contributed by atoms with E-state index in [0.717, 1.165) is 0 Å². The molecule has 1 aromatic rings. The third-order valence-corrected chi connectivity index (χ3v) is 7.19. The van der Waals surface area contributed by atoms with Crippen LogP contribution in [0.5, 0.6) is 0 Å². The van der Waals surface area contributed by atoms with E-state index >= 15 is 4.39 Å². The number of nitrogens with zero attached hydrogens (tertiary/aromatic N) is 2. The second kappa shape index (κ2) is 9.08. The van der Waals surface area contributed by atoms with Crippen molar-refractivity contribution in [1.29, 1.82) is 0 Å². The molecule has 1 saturated heterocycles. The third-order valence-electron chi connectivity index (χ3n) is 7.19. The summed E-state index contributed by atoms with van der Waals surface area (Å²) in [6.07, 6.45) is -13.0. The Morgan fingerprint density at radius 3 is 2.25 bits per heavy atom. The van der Waals surface area contributed by atoms with Crippen LogP contribution in [0.15, 0.2) is 9.59 Å². The SMILES string of the molecule is COC1=c2c(c(=O)[nH]c(=O)n2C2CC2)=C(N)C(F)C1N1CCC(C(N)CC(C(F)(F)F)C(F)(F)F)C1. The molecule has 1 aliphatic heterocycles. The van der Waals surface area contributed by atoms with Gasteiger partial charge in [-0.05, 0) is 38.1 Å². The number of rotatable bonds is 6. The van der Waals surface area contributed by atoms with Gasteiger partial charge < -0.3 is 16.2 Å². The molecule has 36 heavy (non-hydrogen) atoms. The van der Waals surface area contributed by atoms with Gasteiger partial charge in [-0.3, -0.25) is 19.2 Å². The zero-order valence-corrected chi connectivity index (χ0v) is 19.1. The number of aromatic nitrogens is 2. The highest BCUT2D eigenvalue weighted by atomic mass is 19.4. The van der Waals surface area contributed by atoms with Gasteiger partial charge in [0.1, 0.15) is 11.8 Å². The predicted molar refractivity (Wildman–Crippen MR) is 113 cm³/mol. The first-order valence-electron chi connectivity index (χ1n) is 11.4. The maximum atomic E-state index is 15.6. The molecular weight excluding hydrogens is 503 g/mol. The van der Waals surface area contributed by atoms with Crippen LogP contribution in [0.2, 0.25) is 0 Å². The summed E-state index contributed by atoms with van der Waals surface area (Å²) in [5, 5.41) is -0.195. The van der Waals surface area contributed by atoms with Crippen LogP contribution >= 0.6 is 0 Å². The average Bonchev–Trinajstić information content (AvgIpc) is 3.47. The van der Waals surface area contributed by atoms with Crippen molar-refractivity contribution in [2.45, 2.75) is 62.3 Å². The highest BCUT2D eigenvalue weighted by Crippen LogP contribution is 2.43. The molecule has 1 saturated carbocycles.